The van der Waals surface area contributed by atoms with Crippen molar-refractivity contribution >= 4 is 17.7 Å². The molecule has 1 amide bonds. The molecule has 3 nitrogen and oxygen atoms in total. The first-order valence-electron chi connectivity index (χ1n) is 5.70. The van der Waals surface area contributed by atoms with Crippen molar-refractivity contribution in [1.82, 2.24) is 5.32 Å². The minimum absolute atomic E-state index is 0.0209. The second-order valence-corrected chi connectivity index (χ2v) is 5.36. The summed E-state index contributed by atoms with van der Waals surface area (Å²) >= 11 is 1.60. The molecule has 4 heteroatoms. The molecule has 0 heterocycles. The number of amides is 1. The van der Waals surface area contributed by atoms with Crippen molar-refractivity contribution in [3.8, 4) is 0 Å². The molecule has 1 aromatic rings. The third kappa shape index (κ3) is 5.24. The van der Waals surface area contributed by atoms with Crippen LogP contribution in [0.1, 0.15) is 19.4 Å². The summed E-state index contributed by atoms with van der Waals surface area (Å²) in [5.74, 6) is 0.802. The zero-order valence-electron chi connectivity index (χ0n) is 10.2. The van der Waals surface area contributed by atoms with Crippen LogP contribution >= 0.6 is 11.8 Å². The molecule has 0 saturated heterocycles. The Bertz CT molecular complexity index is 343. The van der Waals surface area contributed by atoms with E-state index >= 15 is 0 Å². The van der Waals surface area contributed by atoms with Crippen LogP contribution in [-0.2, 0) is 10.5 Å². The van der Waals surface area contributed by atoms with E-state index in [9.17, 15) is 4.79 Å². The first-order valence-corrected chi connectivity index (χ1v) is 6.75. The van der Waals surface area contributed by atoms with Crippen LogP contribution < -0.4 is 5.32 Å². The van der Waals surface area contributed by atoms with E-state index in [2.05, 4.69) is 5.32 Å². The van der Waals surface area contributed by atoms with Crippen LogP contribution in [0.5, 0.6) is 0 Å². The first kappa shape index (κ1) is 14.1. The highest BCUT2D eigenvalue weighted by molar-refractivity contribution is 7.99. The lowest BCUT2D eigenvalue weighted by Gasteiger charge is -2.15. The maximum atomic E-state index is 11.7. The summed E-state index contributed by atoms with van der Waals surface area (Å²) in [7, 11) is 0. The third-order valence-corrected chi connectivity index (χ3v) is 3.59. The van der Waals surface area contributed by atoms with Gasteiger partial charge in [0.15, 0.2) is 0 Å². The van der Waals surface area contributed by atoms with Crippen molar-refractivity contribution in [2.45, 2.75) is 30.9 Å². The van der Waals surface area contributed by atoms with Gasteiger partial charge in [-0.15, -0.1) is 11.8 Å². The number of hydrogen-bond acceptors (Lipinski definition) is 3. The number of carbonyl (C=O) groups excluding carboxylic acids is 1. The molecule has 0 saturated carbocycles. The molecule has 0 aliphatic carbocycles. The van der Waals surface area contributed by atoms with Crippen molar-refractivity contribution in [3.63, 3.8) is 0 Å². The van der Waals surface area contributed by atoms with Gasteiger partial charge < -0.3 is 10.4 Å². The molecular weight excluding hydrogens is 234 g/mol. The molecule has 2 N–H and O–H groups in total. The predicted molar refractivity (Wildman–Crippen MR) is 71.9 cm³/mol. The highest BCUT2D eigenvalue weighted by Gasteiger charge is 2.14. The van der Waals surface area contributed by atoms with Crippen molar-refractivity contribution in [3.05, 3.63) is 35.9 Å². The third-order valence-electron chi connectivity index (χ3n) is 2.37. The van der Waals surface area contributed by atoms with Gasteiger partial charge in [-0.1, -0.05) is 30.3 Å². The lowest BCUT2D eigenvalue weighted by Crippen LogP contribution is -2.39. The Labute approximate surface area is 107 Å². The average molecular weight is 253 g/mol. The number of benzene rings is 1. The number of hydrogen-bond donors (Lipinski definition) is 2. The minimum Gasteiger partial charge on any atom is -0.394 e. The molecule has 2 unspecified atom stereocenters. The molecule has 1 rings (SSSR count). The van der Waals surface area contributed by atoms with Crippen molar-refractivity contribution in [1.29, 1.82) is 0 Å². The van der Waals surface area contributed by atoms with Crippen LogP contribution in [0.2, 0.25) is 0 Å². The summed E-state index contributed by atoms with van der Waals surface area (Å²) in [6.07, 6.45) is 0. The van der Waals surface area contributed by atoms with Crippen molar-refractivity contribution in [2.24, 2.45) is 0 Å². The van der Waals surface area contributed by atoms with Gasteiger partial charge in [0.05, 0.1) is 11.9 Å². The summed E-state index contributed by atoms with van der Waals surface area (Å²) in [6, 6.07) is 9.89. The molecule has 0 aliphatic rings. The Morgan fingerprint density at radius 3 is 2.59 bits per heavy atom. The summed E-state index contributed by atoms with van der Waals surface area (Å²) < 4.78 is 0. The van der Waals surface area contributed by atoms with Gasteiger partial charge in [-0.05, 0) is 19.4 Å². The number of carbonyl (C=O) groups is 1. The quantitative estimate of drug-likeness (QED) is 0.813. The monoisotopic (exact) mass is 253 g/mol. The van der Waals surface area contributed by atoms with Crippen LogP contribution in [0, 0.1) is 0 Å². The SMILES string of the molecule is CC(CO)NC(=O)C(C)SCc1ccccc1. The van der Waals surface area contributed by atoms with Gasteiger partial charge in [-0.25, -0.2) is 0 Å². The second kappa shape index (κ2) is 7.35. The van der Waals surface area contributed by atoms with Gasteiger partial charge in [-0.3, -0.25) is 4.79 Å². The molecule has 0 radical (unpaired) electrons. The van der Waals surface area contributed by atoms with Gasteiger partial charge >= 0.3 is 0 Å². The molecule has 1 aromatic carbocycles. The molecule has 0 aliphatic heterocycles. The largest absolute Gasteiger partial charge is 0.394 e. The van der Waals surface area contributed by atoms with E-state index in [1.807, 2.05) is 37.3 Å². The predicted octanol–water partition coefficient (Wildman–Crippen LogP) is 1.81. The van der Waals surface area contributed by atoms with Crippen LogP contribution in [0.25, 0.3) is 0 Å². The standard InChI is InChI=1S/C13H19NO2S/c1-10(8-15)14-13(16)11(2)17-9-12-6-4-3-5-7-12/h3-7,10-11,15H,8-9H2,1-2H3,(H,14,16). The molecule has 2 atom stereocenters. The number of aliphatic hydroxyl groups is 1. The van der Waals surface area contributed by atoms with Gasteiger partial charge in [0.25, 0.3) is 0 Å². The van der Waals surface area contributed by atoms with Crippen LogP contribution in [0.4, 0.5) is 0 Å². The molecule has 17 heavy (non-hydrogen) atoms. The average Bonchev–Trinajstić information content (AvgIpc) is 2.36. The van der Waals surface area contributed by atoms with Crippen LogP contribution in [0.3, 0.4) is 0 Å². The van der Waals surface area contributed by atoms with E-state index in [0.29, 0.717) is 0 Å². The van der Waals surface area contributed by atoms with Crippen LogP contribution in [0.15, 0.2) is 30.3 Å². The van der Waals surface area contributed by atoms with Gasteiger partial charge in [0, 0.05) is 11.8 Å². The summed E-state index contributed by atoms with van der Waals surface area (Å²) in [4.78, 5) is 11.7. The van der Waals surface area contributed by atoms with Crippen molar-refractivity contribution < 1.29 is 9.90 Å². The molecule has 0 spiro atoms. The number of thioether (sulfide) groups is 1. The molecule has 94 valence electrons. The fourth-order valence-electron chi connectivity index (χ4n) is 1.28. The fourth-order valence-corrected chi connectivity index (χ4v) is 2.13. The molecule has 0 bridgehead atoms. The van der Waals surface area contributed by atoms with E-state index in [1.54, 1.807) is 18.7 Å². The molecule has 0 aromatic heterocycles. The normalized spacial score (nSPS) is 14.1. The molecule has 0 fully saturated rings. The minimum atomic E-state index is -0.178. The Hall–Kier alpha value is -1.00. The Morgan fingerprint density at radius 2 is 2.00 bits per heavy atom. The van der Waals surface area contributed by atoms with Crippen molar-refractivity contribution in [2.75, 3.05) is 6.61 Å². The summed E-state index contributed by atoms with van der Waals surface area (Å²) in [6.45, 7) is 3.64. The lowest BCUT2D eigenvalue weighted by molar-refractivity contribution is -0.121. The Kier molecular flexibility index (Phi) is 6.08. The lowest BCUT2D eigenvalue weighted by atomic mass is 10.2. The van der Waals surface area contributed by atoms with E-state index in [4.69, 9.17) is 5.11 Å². The number of rotatable bonds is 6. The molecular formula is C13H19NO2S. The Balaban J connectivity index is 2.34. The van der Waals surface area contributed by atoms with E-state index in [1.165, 1.54) is 5.56 Å². The topological polar surface area (TPSA) is 49.3 Å². The Morgan fingerprint density at radius 1 is 1.35 bits per heavy atom. The van der Waals surface area contributed by atoms with E-state index in [0.717, 1.165) is 5.75 Å². The smallest absolute Gasteiger partial charge is 0.233 e. The summed E-state index contributed by atoms with van der Waals surface area (Å²) in [5.41, 5.74) is 1.22. The van der Waals surface area contributed by atoms with Gasteiger partial charge in [0.2, 0.25) is 5.91 Å². The zero-order chi connectivity index (χ0) is 12.7. The second-order valence-electron chi connectivity index (χ2n) is 4.03. The van der Waals surface area contributed by atoms with E-state index in [-0.39, 0.29) is 23.8 Å². The fraction of sp³-hybridized carbons (Fsp3) is 0.462. The highest BCUT2D eigenvalue weighted by Crippen LogP contribution is 2.17. The number of nitrogens with one attached hydrogen (secondary N) is 1. The summed E-state index contributed by atoms with van der Waals surface area (Å²) in [5, 5.41) is 11.5. The van der Waals surface area contributed by atoms with Gasteiger partial charge in [-0.2, -0.15) is 0 Å². The maximum absolute atomic E-state index is 11.7. The van der Waals surface area contributed by atoms with E-state index < -0.39 is 0 Å². The number of aliphatic hydroxyl groups excluding tert-OH is 1. The maximum Gasteiger partial charge on any atom is 0.233 e. The van der Waals surface area contributed by atoms with Gasteiger partial charge in [0.1, 0.15) is 0 Å². The highest BCUT2D eigenvalue weighted by atomic mass is 32.2. The zero-order valence-corrected chi connectivity index (χ0v) is 11.0. The first-order chi connectivity index (χ1) is 8.13. The van der Waals surface area contributed by atoms with Crippen LogP contribution in [-0.4, -0.2) is 28.9 Å².